The van der Waals surface area contributed by atoms with Crippen LogP contribution in [0.5, 0.6) is 0 Å². The summed E-state index contributed by atoms with van der Waals surface area (Å²) >= 11 is 6.10. The summed E-state index contributed by atoms with van der Waals surface area (Å²) in [6.45, 7) is 0. The molecule has 28 heavy (non-hydrogen) atoms. The number of hydrogen-bond acceptors (Lipinski definition) is 3. The van der Waals surface area contributed by atoms with Gasteiger partial charge in [0.05, 0.1) is 5.69 Å². The molecule has 0 aliphatic rings. The lowest BCUT2D eigenvalue weighted by atomic mass is 9.97. The Morgan fingerprint density at radius 2 is 1.64 bits per heavy atom. The van der Waals surface area contributed by atoms with Gasteiger partial charge in [-0.3, -0.25) is 4.98 Å². The molecule has 5 rings (SSSR count). The second-order valence-electron chi connectivity index (χ2n) is 6.46. The van der Waals surface area contributed by atoms with E-state index >= 15 is 0 Å². The molecule has 0 fully saturated rings. The summed E-state index contributed by atoms with van der Waals surface area (Å²) < 4.78 is 14.5. The fraction of sp³-hybridized carbons (Fsp3) is 0. The summed E-state index contributed by atoms with van der Waals surface area (Å²) in [6, 6.07) is 18.2. The van der Waals surface area contributed by atoms with Gasteiger partial charge in [-0.25, -0.2) is 14.4 Å². The van der Waals surface area contributed by atoms with Crippen LogP contribution in [-0.2, 0) is 0 Å². The number of rotatable bonds is 2. The lowest BCUT2D eigenvalue weighted by molar-refractivity contribution is 0.631. The number of benzene rings is 2. The van der Waals surface area contributed by atoms with E-state index in [4.69, 9.17) is 11.6 Å². The number of halogens is 2. The number of hydrogen-bond donors (Lipinski definition) is 0. The van der Waals surface area contributed by atoms with Crippen molar-refractivity contribution in [2.75, 3.05) is 0 Å². The van der Waals surface area contributed by atoms with Crippen LogP contribution in [0.15, 0.2) is 79.3 Å². The van der Waals surface area contributed by atoms with E-state index in [9.17, 15) is 4.39 Å². The van der Waals surface area contributed by atoms with Crippen LogP contribution < -0.4 is 0 Å². The van der Waals surface area contributed by atoms with Gasteiger partial charge in [0.15, 0.2) is 5.65 Å². The van der Waals surface area contributed by atoms with Crippen molar-refractivity contribution >= 4 is 33.4 Å². The summed E-state index contributed by atoms with van der Waals surface area (Å²) in [5.41, 5.74) is 3.21. The van der Waals surface area contributed by atoms with Gasteiger partial charge in [0.25, 0.3) is 0 Å². The van der Waals surface area contributed by atoms with Crippen molar-refractivity contribution in [2.24, 2.45) is 0 Å². The van der Waals surface area contributed by atoms with Crippen LogP contribution in [0.3, 0.4) is 0 Å². The maximum atomic E-state index is 14.5. The Hall–Kier alpha value is -3.37. The summed E-state index contributed by atoms with van der Waals surface area (Å²) in [4.78, 5) is 13.4. The smallest absolute Gasteiger partial charge is 0.160 e. The summed E-state index contributed by atoms with van der Waals surface area (Å²) in [5.74, 6) is -0.380. The molecule has 0 atom stereocenters. The fourth-order valence-corrected chi connectivity index (χ4v) is 3.61. The zero-order valence-electron chi connectivity index (χ0n) is 14.6. The van der Waals surface area contributed by atoms with Crippen molar-refractivity contribution < 1.29 is 4.39 Å². The Bertz CT molecular complexity index is 1350. The molecule has 3 nitrogen and oxygen atoms in total. The standard InChI is InChI=1S/C23H13ClFN3/c24-15-7-8-21(25)19(10-15)22-11-18(17-6-3-9-27-23(17)28-22)20-13-26-12-14-4-1-2-5-16(14)20/h1-13H. The van der Waals surface area contributed by atoms with E-state index in [1.165, 1.54) is 12.1 Å². The Labute approximate surface area is 165 Å². The van der Waals surface area contributed by atoms with Gasteiger partial charge >= 0.3 is 0 Å². The Morgan fingerprint density at radius 1 is 0.786 bits per heavy atom. The van der Waals surface area contributed by atoms with Crippen molar-refractivity contribution in [1.82, 2.24) is 15.0 Å². The van der Waals surface area contributed by atoms with E-state index in [0.29, 0.717) is 21.9 Å². The Kier molecular flexibility index (Phi) is 3.99. The van der Waals surface area contributed by atoms with Gasteiger partial charge in [-0.1, -0.05) is 35.9 Å². The normalized spacial score (nSPS) is 11.2. The first-order valence-corrected chi connectivity index (χ1v) is 9.13. The quantitative estimate of drug-likeness (QED) is 0.357. The van der Waals surface area contributed by atoms with Crippen LogP contribution in [0, 0.1) is 5.82 Å². The molecule has 2 aromatic carbocycles. The second kappa shape index (κ2) is 6.66. The number of fused-ring (bicyclic) bond motifs is 2. The zero-order chi connectivity index (χ0) is 19.1. The maximum absolute atomic E-state index is 14.5. The minimum absolute atomic E-state index is 0.342. The molecule has 3 aromatic heterocycles. The van der Waals surface area contributed by atoms with Gasteiger partial charge in [0, 0.05) is 45.5 Å². The predicted octanol–water partition coefficient (Wildman–Crippen LogP) is 6.30. The molecular weight excluding hydrogens is 373 g/mol. The predicted molar refractivity (Wildman–Crippen MR) is 111 cm³/mol. The first-order valence-electron chi connectivity index (χ1n) is 8.75. The van der Waals surface area contributed by atoms with E-state index in [1.807, 2.05) is 48.8 Å². The third kappa shape index (κ3) is 2.79. The van der Waals surface area contributed by atoms with Crippen LogP contribution >= 0.6 is 11.6 Å². The SMILES string of the molecule is Fc1ccc(Cl)cc1-c1cc(-c2cncc3ccccc23)c2cccnc2n1. The molecule has 0 radical (unpaired) electrons. The fourth-order valence-electron chi connectivity index (χ4n) is 3.44. The average Bonchev–Trinajstić information content (AvgIpc) is 2.74. The molecule has 0 aliphatic carbocycles. The highest BCUT2D eigenvalue weighted by Crippen LogP contribution is 2.35. The lowest BCUT2D eigenvalue weighted by Gasteiger charge is -2.12. The first kappa shape index (κ1) is 16.8. The molecule has 0 bridgehead atoms. The van der Waals surface area contributed by atoms with Crippen LogP contribution in [0.25, 0.3) is 44.2 Å². The summed E-state index contributed by atoms with van der Waals surface area (Å²) in [6.07, 6.45) is 5.33. The molecule has 5 aromatic rings. The van der Waals surface area contributed by atoms with Gasteiger partial charge in [0.1, 0.15) is 5.82 Å². The van der Waals surface area contributed by atoms with Crippen molar-refractivity contribution in [3.8, 4) is 22.4 Å². The van der Waals surface area contributed by atoms with Crippen LogP contribution in [-0.4, -0.2) is 15.0 Å². The van der Waals surface area contributed by atoms with Crippen LogP contribution in [0.4, 0.5) is 4.39 Å². The average molecular weight is 386 g/mol. The van der Waals surface area contributed by atoms with Crippen molar-refractivity contribution in [2.45, 2.75) is 0 Å². The molecule has 0 unspecified atom stereocenters. The maximum Gasteiger partial charge on any atom is 0.160 e. The molecule has 3 heterocycles. The van der Waals surface area contributed by atoms with Crippen LogP contribution in [0.2, 0.25) is 5.02 Å². The molecule has 0 saturated carbocycles. The highest BCUT2D eigenvalue weighted by molar-refractivity contribution is 6.30. The molecule has 0 N–H and O–H groups in total. The van der Waals surface area contributed by atoms with E-state index in [1.54, 1.807) is 12.3 Å². The van der Waals surface area contributed by atoms with Gasteiger partial charge in [-0.05, 0) is 47.3 Å². The van der Waals surface area contributed by atoms with Gasteiger partial charge in [-0.15, -0.1) is 0 Å². The van der Waals surface area contributed by atoms with Crippen molar-refractivity contribution in [3.05, 3.63) is 90.1 Å². The first-order chi connectivity index (χ1) is 13.7. The Morgan fingerprint density at radius 3 is 2.57 bits per heavy atom. The Balaban J connectivity index is 1.87. The monoisotopic (exact) mass is 385 g/mol. The van der Waals surface area contributed by atoms with E-state index < -0.39 is 0 Å². The zero-order valence-corrected chi connectivity index (χ0v) is 15.4. The van der Waals surface area contributed by atoms with Crippen molar-refractivity contribution in [1.29, 1.82) is 0 Å². The highest BCUT2D eigenvalue weighted by atomic mass is 35.5. The molecular formula is C23H13ClFN3. The third-order valence-corrected chi connectivity index (χ3v) is 4.98. The number of pyridine rings is 3. The van der Waals surface area contributed by atoms with Crippen molar-refractivity contribution in [3.63, 3.8) is 0 Å². The summed E-state index contributed by atoms with van der Waals surface area (Å²) in [7, 11) is 0. The van der Waals surface area contributed by atoms with E-state index in [2.05, 4.69) is 21.0 Å². The van der Waals surface area contributed by atoms with E-state index in [0.717, 1.165) is 27.3 Å². The lowest BCUT2D eigenvalue weighted by Crippen LogP contribution is -1.94. The molecule has 0 aliphatic heterocycles. The van der Waals surface area contributed by atoms with Gasteiger partial charge in [-0.2, -0.15) is 0 Å². The molecule has 0 amide bonds. The third-order valence-electron chi connectivity index (χ3n) is 4.75. The molecule has 0 spiro atoms. The minimum atomic E-state index is -0.380. The molecule has 0 saturated heterocycles. The number of nitrogens with zero attached hydrogens (tertiary/aromatic N) is 3. The second-order valence-corrected chi connectivity index (χ2v) is 6.90. The number of aromatic nitrogens is 3. The minimum Gasteiger partial charge on any atom is -0.263 e. The summed E-state index contributed by atoms with van der Waals surface area (Å²) in [5, 5.41) is 3.43. The van der Waals surface area contributed by atoms with Gasteiger partial charge in [0.2, 0.25) is 0 Å². The molecule has 134 valence electrons. The largest absolute Gasteiger partial charge is 0.263 e. The highest BCUT2D eigenvalue weighted by Gasteiger charge is 2.15. The molecule has 5 heteroatoms. The van der Waals surface area contributed by atoms with Crippen LogP contribution in [0.1, 0.15) is 0 Å². The van der Waals surface area contributed by atoms with E-state index in [-0.39, 0.29) is 5.82 Å². The van der Waals surface area contributed by atoms with Gasteiger partial charge < -0.3 is 0 Å². The topological polar surface area (TPSA) is 38.7 Å².